The normalized spacial score (nSPS) is 24.8. The van der Waals surface area contributed by atoms with Crippen molar-refractivity contribution in [2.24, 2.45) is 11.8 Å². The van der Waals surface area contributed by atoms with Crippen LogP contribution in [0.5, 0.6) is 0 Å². The quantitative estimate of drug-likeness (QED) is 0.741. The lowest BCUT2D eigenvalue weighted by Gasteiger charge is -2.19. The molecule has 1 fully saturated rings. The number of hydrogen-bond acceptors (Lipinski definition) is 2. The number of hydrogen-bond donors (Lipinski definition) is 1. The Balaban J connectivity index is 2.51. The van der Waals surface area contributed by atoms with E-state index in [1.165, 1.54) is 0 Å². The fraction of sp³-hybridized carbons (Fsp3) is 0.909. The highest BCUT2D eigenvalue weighted by molar-refractivity contribution is 5.84. The van der Waals surface area contributed by atoms with Gasteiger partial charge in [-0.25, -0.2) is 0 Å². The number of rotatable bonds is 4. The van der Waals surface area contributed by atoms with Gasteiger partial charge in [-0.1, -0.05) is 34.1 Å². The van der Waals surface area contributed by atoms with Crippen LogP contribution in [-0.2, 0) is 4.79 Å². The highest BCUT2D eigenvalue weighted by Crippen LogP contribution is 2.16. The number of carbonyl (C=O) groups is 1. The Kier molecular flexibility index (Phi) is 3.93. The Bertz CT molecular complexity index is 203. The molecule has 1 aliphatic rings. The molecule has 1 heterocycles. The second-order valence-electron chi connectivity index (χ2n) is 4.68. The van der Waals surface area contributed by atoms with Crippen LogP contribution < -0.4 is 5.32 Å². The van der Waals surface area contributed by atoms with E-state index < -0.39 is 0 Å². The lowest BCUT2D eigenvalue weighted by atomic mass is 9.99. The van der Waals surface area contributed by atoms with Crippen molar-refractivity contribution in [1.82, 2.24) is 10.2 Å². The fourth-order valence-electron chi connectivity index (χ4n) is 1.85. The van der Waals surface area contributed by atoms with Crippen LogP contribution in [-0.4, -0.2) is 30.1 Å². The zero-order valence-electron chi connectivity index (χ0n) is 9.71. The zero-order chi connectivity index (χ0) is 10.7. The van der Waals surface area contributed by atoms with Crippen LogP contribution in [0.1, 0.15) is 34.1 Å². The van der Waals surface area contributed by atoms with Gasteiger partial charge in [0.25, 0.3) is 0 Å². The van der Waals surface area contributed by atoms with E-state index in [0.717, 1.165) is 19.6 Å². The smallest absolute Gasteiger partial charge is 0.241 e. The van der Waals surface area contributed by atoms with Crippen LogP contribution in [0.15, 0.2) is 0 Å². The van der Waals surface area contributed by atoms with Gasteiger partial charge in [0.1, 0.15) is 0 Å². The molecule has 0 aliphatic carbocycles. The van der Waals surface area contributed by atoms with Crippen molar-refractivity contribution in [3.63, 3.8) is 0 Å². The van der Waals surface area contributed by atoms with Crippen molar-refractivity contribution in [2.45, 2.75) is 40.2 Å². The first-order chi connectivity index (χ1) is 6.56. The minimum atomic E-state index is 0.0544. The number of amides is 1. The van der Waals surface area contributed by atoms with Gasteiger partial charge in [0, 0.05) is 6.54 Å². The second kappa shape index (κ2) is 4.78. The molecule has 1 rings (SSSR count). The first kappa shape index (κ1) is 11.5. The third kappa shape index (κ3) is 2.47. The van der Waals surface area contributed by atoms with Crippen molar-refractivity contribution in [3.05, 3.63) is 0 Å². The van der Waals surface area contributed by atoms with Crippen LogP contribution in [0.2, 0.25) is 0 Å². The maximum absolute atomic E-state index is 11.9. The Labute approximate surface area is 86.9 Å². The summed E-state index contributed by atoms with van der Waals surface area (Å²) in [5, 5.41) is 3.29. The summed E-state index contributed by atoms with van der Waals surface area (Å²) < 4.78 is 0. The molecule has 2 unspecified atom stereocenters. The van der Waals surface area contributed by atoms with Crippen molar-refractivity contribution >= 4 is 5.91 Å². The van der Waals surface area contributed by atoms with E-state index in [2.05, 4.69) is 33.0 Å². The summed E-state index contributed by atoms with van der Waals surface area (Å²) in [4.78, 5) is 13.8. The van der Waals surface area contributed by atoms with Crippen molar-refractivity contribution < 1.29 is 4.79 Å². The molecule has 14 heavy (non-hydrogen) atoms. The molecule has 0 aromatic rings. The molecule has 0 aromatic carbocycles. The maximum atomic E-state index is 11.9. The molecule has 2 atom stereocenters. The average molecular weight is 198 g/mol. The average Bonchev–Trinajstić information content (AvgIpc) is 2.46. The predicted molar refractivity (Wildman–Crippen MR) is 57.8 cm³/mol. The van der Waals surface area contributed by atoms with Crippen molar-refractivity contribution in [2.75, 3.05) is 13.2 Å². The van der Waals surface area contributed by atoms with Gasteiger partial charge in [0.2, 0.25) is 5.91 Å². The topological polar surface area (TPSA) is 32.3 Å². The van der Waals surface area contributed by atoms with E-state index in [4.69, 9.17) is 0 Å². The van der Waals surface area contributed by atoms with E-state index in [1.54, 1.807) is 0 Å². The van der Waals surface area contributed by atoms with Gasteiger partial charge in [0.05, 0.1) is 12.7 Å². The summed E-state index contributed by atoms with van der Waals surface area (Å²) >= 11 is 0. The maximum Gasteiger partial charge on any atom is 0.241 e. The minimum absolute atomic E-state index is 0.0544. The molecule has 1 amide bonds. The number of nitrogens with zero attached hydrogens (tertiary/aromatic N) is 1. The zero-order valence-corrected chi connectivity index (χ0v) is 9.71. The molecule has 0 aromatic heterocycles. The van der Waals surface area contributed by atoms with Gasteiger partial charge >= 0.3 is 0 Å². The molecule has 3 nitrogen and oxygen atoms in total. The molecule has 1 aliphatic heterocycles. The molecular formula is C11H22N2O. The van der Waals surface area contributed by atoms with Gasteiger partial charge in [-0.2, -0.15) is 0 Å². The van der Waals surface area contributed by atoms with Crippen molar-refractivity contribution in [1.29, 1.82) is 0 Å². The number of nitrogens with one attached hydrogen (secondary N) is 1. The Hall–Kier alpha value is -0.570. The van der Waals surface area contributed by atoms with E-state index in [-0.39, 0.29) is 11.9 Å². The largest absolute Gasteiger partial charge is 0.328 e. The van der Waals surface area contributed by atoms with Crippen LogP contribution >= 0.6 is 0 Å². The van der Waals surface area contributed by atoms with E-state index in [9.17, 15) is 4.79 Å². The van der Waals surface area contributed by atoms with Gasteiger partial charge in [-0.15, -0.1) is 0 Å². The van der Waals surface area contributed by atoms with E-state index >= 15 is 0 Å². The van der Waals surface area contributed by atoms with Crippen molar-refractivity contribution in [3.8, 4) is 0 Å². The van der Waals surface area contributed by atoms with Crippen LogP contribution in [0.3, 0.4) is 0 Å². The second-order valence-corrected chi connectivity index (χ2v) is 4.68. The minimum Gasteiger partial charge on any atom is -0.328 e. The summed E-state index contributed by atoms with van der Waals surface area (Å²) in [6.45, 7) is 10.2. The Morgan fingerprint density at radius 3 is 2.64 bits per heavy atom. The first-order valence-corrected chi connectivity index (χ1v) is 5.58. The van der Waals surface area contributed by atoms with Gasteiger partial charge in [-0.3, -0.25) is 10.1 Å². The van der Waals surface area contributed by atoms with Gasteiger partial charge in [0.15, 0.2) is 0 Å². The standard InChI is InChI=1S/C11H22N2O/c1-5-9(4)10-11(14)13(7-12-10)6-8(2)3/h8-10,12H,5-7H2,1-4H3. The van der Waals surface area contributed by atoms with Crippen LogP contribution in [0, 0.1) is 11.8 Å². The lowest BCUT2D eigenvalue weighted by Crippen LogP contribution is -2.36. The highest BCUT2D eigenvalue weighted by Gasteiger charge is 2.33. The Morgan fingerprint density at radius 2 is 2.14 bits per heavy atom. The van der Waals surface area contributed by atoms with E-state index in [1.807, 2.05) is 4.90 Å². The molecule has 0 bridgehead atoms. The molecule has 0 radical (unpaired) electrons. The summed E-state index contributed by atoms with van der Waals surface area (Å²) in [5.41, 5.74) is 0. The summed E-state index contributed by atoms with van der Waals surface area (Å²) in [7, 11) is 0. The molecule has 0 spiro atoms. The molecule has 0 saturated carbocycles. The highest BCUT2D eigenvalue weighted by atomic mass is 16.2. The molecule has 82 valence electrons. The predicted octanol–water partition coefficient (Wildman–Crippen LogP) is 1.45. The lowest BCUT2D eigenvalue weighted by molar-refractivity contribution is -0.130. The fourth-order valence-corrected chi connectivity index (χ4v) is 1.85. The van der Waals surface area contributed by atoms with Gasteiger partial charge < -0.3 is 4.90 Å². The molecule has 3 heteroatoms. The molecule has 1 saturated heterocycles. The summed E-state index contributed by atoms with van der Waals surface area (Å²) in [6, 6.07) is 0.0544. The summed E-state index contributed by atoms with van der Waals surface area (Å²) in [5.74, 6) is 1.28. The third-order valence-corrected chi connectivity index (χ3v) is 2.88. The molecule has 1 N–H and O–H groups in total. The SMILES string of the molecule is CCC(C)C1NCN(CC(C)C)C1=O. The monoisotopic (exact) mass is 198 g/mol. The Morgan fingerprint density at radius 1 is 1.50 bits per heavy atom. The van der Waals surface area contributed by atoms with Crippen LogP contribution in [0.25, 0.3) is 0 Å². The molecular weight excluding hydrogens is 176 g/mol. The van der Waals surface area contributed by atoms with Gasteiger partial charge in [-0.05, 0) is 11.8 Å². The third-order valence-electron chi connectivity index (χ3n) is 2.88. The van der Waals surface area contributed by atoms with Crippen LogP contribution in [0.4, 0.5) is 0 Å². The summed E-state index contributed by atoms with van der Waals surface area (Å²) in [6.07, 6.45) is 1.05. The van der Waals surface area contributed by atoms with E-state index in [0.29, 0.717) is 11.8 Å². The number of carbonyl (C=O) groups excluding carboxylic acids is 1. The first-order valence-electron chi connectivity index (χ1n) is 5.58.